The molecule has 0 aliphatic carbocycles. The highest BCUT2D eigenvalue weighted by molar-refractivity contribution is 6.70. The topological polar surface area (TPSA) is 53.7 Å². The van der Waals surface area contributed by atoms with Crippen molar-refractivity contribution in [3.8, 4) is 0 Å². The van der Waals surface area contributed by atoms with E-state index in [4.69, 9.17) is 19.3 Å². The van der Waals surface area contributed by atoms with E-state index in [9.17, 15) is 0 Å². The maximum Gasteiger partial charge on any atom is 0.371 e. The Morgan fingerprint density at radius 2 is 1.72 bits per heavy atom. The van der Waals surface area contributed by atoms with Crippen LogP contribution in [0, 0.1) is 0 Å². The Labute approximate surface area is 112 Å². The summed E-state index contributed by atoms with van der Waals surface area (Å²) in [6.07, 6.45) is 4.26. The molecule has 4 nitrogen and oxygen atoms in total. The molecule has 1 heterocycles. The van der Waals surface area contributed by atoms with E-state index >= 15 is 0 Å². The van der Waals surface area contributed by atoms with Gasteiger partial charge in [0.15, 0.2) is 0 Å². The zero-order valence-corrected chi connectivity index (χ0v) is 13.2. The Hall–Kier alpha value is 0.0569. The van der Waals surface area contributed by atoms with Gasteiger partial charge in [-0.05, 0) is 46.2 Å². The van der Waals surface area contributed by atoms with Gasteiger partial charge < -0.3 is 19.3 Å². The van der Waals surface area contributed by atoms with Crippen LogP contribution in [0.3, 0.4) is 0 Å². The Balaban J connectivity index is 3.02. The van der Waals surface area contributed by atoms with Crippen LogP contribution in [0.15, 0.2) is 0 Å². The highest BCUT2D eigenvalue weighted by Crippen LogP contribution is 2.42. The molecule has 1 aliphatic rings. The first kappa shape index (κ1) is 16.1. The van der Waals surface area contributed by atoms with Crippen molar-refractivity contribution in [1.29, 1.82) is 0 Å². The van der Waals surface area contributed by atoms with Crippen LogP contribution in [0.25, 0.3) is 0 Å². The van der Waals surface area contributed by atoms with Gasteiger partial charge in [0.2, 0.25) is 0 Å². The van der Waals surface area contributed by atoms with Crippen LogP contribution in [0.4, 0.5) is 0 Å². The van der Waals surface area contributed by atoms with Crippen molar-refractivity contribution in [3.05, 3.63) is 0 Å². The van der Waals surface area contributed by atoms with Gasteiger partial charge in [-0.15, -0.1) is 0 Å². The summed E-state index contributed by atoms with van der Waals surface area (Å²) in [6.45, 7) is 8.87. The highest BCUT2D eigenvalue weighted by atomic mass is 28.4. The lowest BCUT2D eigenvalue weighted by atomic mass is 10.1. The maximum atomic E-state index is 6.17. The van der Waals surface area contributed by atoms with Crippen molar-refractivity contribution in [2.75, 3.05) is 26.4 Å². The summed E-state index contributed by atoms with van der Waals surface area (Å²) in [5, 5.41) is -0.235. The molecular formula is C13H29NO3Si. The molecule has 0 aromatic carbocycles. The first-order chi connectivity index (χ1) is 8.70. The van der Waals surface area contributed by atoms with Gasteiger partial charge in [-0.3, -0.25) is 0 Å². The van der Waals surface area contributed by atoms with Gasteiger partial charge in [0.1, 0.15) is 5.22 Å². The largest absolute Gasteiger partial charge is 0.393 e. The van der Waals surface area contributed by atoms with Crippen molar-refractivity contribution in [3.63, 3.8) is 0 Å². The normalized spacial score (nSPS) is 27.3. The molecule has 1 atom stereocenters. The molecule has 0 aromatic rings. The SMILES string of the molecule is CCOC1(CCN)CCCC[Si]1(OCC)OCC. The van der Waals surface area contributed by atoms with E-state index in [2.05, 4.69) is 0 Å². The third kappa shape index (κ3) is 3.14. The van der Waals surface area contributed by atoms with Crippen LogP contribution < -0.4 is 5.73 Å². The summed E-state index contributed by atoms with van der Waals surface area (Å²) in [5.74, 6) is 0. The minimum absolute atomic E-state index is 0.235. The standard InChI is InChI=1S/C13H29NO3Si/c1-4-15-13(10-11-14)9-7-8-12-18(13,16-5-2)17-6-3/h4-12,14H2,1-3H3. The number of ether oxygens (including phenoxy) is 1. The molecule has 2 N–H and O–H groups in total. The van der Waals surface area contributed by atoms with Gasteiger partial charge in [-0.2, -0.15) is 0 Å². The lowest BCUT2D eigenvalue weighted by Gasteiger charge is -2.49. The monoisotopic (exact) mass is 275 g/mol. The molecule has 1 unspecified atom stereocenters. The Kier molecular flexibility index (Phi) is 6.80. The lowest BCUT2D eigenvalue weighted by molar-refractivity contribution is -0.0440. The van der Waals surface area contributed by atoms with Crippen LogP contribution in [-0.2, 0) is 13.6 Å². The average molecular weight is 275 g/mol. The zero-order valence-electron chi connectivity index (χ0n) is 12.2. The van der Waals surface area contributed by atoms with Crippen molar-refractivity contribution in [2.24, 2.45) is 5.73 Å². The van der Waals surface area contributed by atoms with Crippen molar-refractivity contribution >= 4 is 8.56 Å². The molecule has 108 valence electrons. The highest BCUT2D eigenvalue weighted by Gasteiger charge is 2.59. The molecule has 18 heavy (non-hydrogen) atoms. The second-order valence-corrected chi connectivity index (χ2v) is 8.29. The first-order valence-electron chi connectivity index (χ1n) is 7.32. The minimum atomic E-state index is -2.31. The summed E-state index contributed by atoms with van der Waals surface area (Å²) in [4.78, 5) is 0. The smallest absolute Gasteiger partial charge is 0.371 e. The van der Waals surface area contributed by atoms with E-state index in [0.29, 0.717) is 26.4 Å². The molecule has 0 aromatic heterocycles. The zero-order chi connectivity index (χ0) is 13.5. The van der Waals surface area contributed by atoms with Crippen LogP contribution in [0.2, 0.25) is 6.04 Å². The van der Waals surface area contributed by atoms with Crippen molar-refractivity contribution in [1.82, 2.24) is 0 Å². The number of rotatable bonds is 8. The van der Waals surface area contributed by atoms with Crippen LogP contribution in [0.5, 0.6) is 0 Å². The van der Waals surface area contributed by atoms with Crippen molar-refractivity contribution in [2.45, 2.75) is 57.7 Å². The molecule has 5 heteroatoms. The van der Waals surface area contributed by atoms with Gasteiger partial charge >= 0.3 is 8.56 Å². The summed E-state index contributed by atoms with van der Waals surface area (Å²) in [5.41, 5.74) is 5.82. The number of nitrogens with two attached hydrogens (primary N) is 1. The second kappa shape index (κ2) is 7.60. The Bertz CT molecular complexity index is 191. The fraction of sp³-hybridized carbons (Fsp3) is 1.00. The molecule has 1 fully saturated rings. The van der Waals surface area contributed by atoms with Gasteiger partial charge in [0, 0.05) is 19.8 Å². The maximum absolute atomic E-state index is 6.17. The van der Waals surface area contributed by atoms with Crippen molar-refractivity contribution < 1.29 is 13.6 Å². The van der Waals surface area contributed by atoms with E-state index in [1.165, 1.54) is 12.8 Å². The van der Waals surface area contributed by atoms with Gasteiger partial charge in [-0.1, -0.05) is 12.8 Å². The van der Waals surface area contributed by atoms with E-state index in [0.717, 1.165) is 18.9 Å². The van der Waals surface area contributed by atoms with E-state index < -0.39 is 8.56 Å². The van der Waals surface area contributed by atoms with Crippen LogP contribution >= 0.6 is 0 Å². The lowest BCUT2D eigenvalue weighted by Crippen LogP contribution is -2.66. The third-order valence-electron chi connectivity index (χ3n) is 3.75. The molecule has 1 aliphatic heterocycles. The molecule has 0 radical (unpaired) electrons. The van der Waals surface area contributed by atoms with Gasteiger partial charge in [0.25, 0.3) is 0 Å². The van der Waals surface area contributed by atoms with Crippen LogP contribution in [0.1, 0.15) is 46.5 Å². The predicted molar refractivity (Wildman–Crippen MR) is 75.7 cm³/mol. The van der Waals surface area contributed by atoms with E-state index in [-0.39, 0.29) is 5.22 Å². The Morgan fingerprint density at radius 1 is 1.06 bits per heavy atom. The fourth-order valence-corrected chi connectivity index (χ4v) is 7.63. The average Bonchev–Trinajstić information content (AvgIpc) is 2.34. The summed E-state index contributed by atoms with van der Waals surface area (Å²) >= 11 is 0. The molecule has 1 saturated heterocycles. The van der Waals surface area contributed by atoms with Gasteiger partial charge in [-0.25, -0.2) is 0 Å². The van der Waals surface area contributed by atoms with E-state index in [1.807, 2.05) is 20.8 Å². The van der Waals surface area contributed by atoms with E-state index in [1.54, 1.807) is 0 Å². The molecule has 0 spiro atoms. The second-order valence-electron chi connectivity index (χ2n) is 4.79. The summed E-state index contributed by atoms with van der Waals surface area (Å²) in [7, 11) is -2.31. The summed E-state index contributed by atoms with van der Waals surface area (Å²) < 4.78 is 18.5. The molecule has 0 amide bonds. The predicted octanol–water partition coefficient (Wildman–Crippen LogP) is 2.35. The quantitative estimate of drug-likeness (QED) is 0.691. The summed E-state index contributed by atoms with van der Waals surface area (Å²) in [6, 6.07) is 1.04. The third-order valence-corrected chi connectivity index (χ3v) is 8.31. The first-order valence-corrected chi connectivity index (χ1v) is 9.34. The minimum Gasteiger partial charge on any atom is -0.393 e. The van der Waals surface area contributed by atoms with Crippen LogP contribution in [-0.4, -0.2) is 40.2 Å². The molecule has 0 bridgehead atoms. The van der Waals surface area contributed by atoms with Gasteiger partial charge in [0.05, 0.1) is 0 Å². The molecule has 1 rings (SSSR count). The number of hydrogen-bond acceptors (Lipinski definition) is 4. The molecular weight excluding hydrogens is 246 g/mol. The number of hydrogen-bond donors (Lipinski definition) is 1. The fourth-order valence-electron chi connectivity index (χ4n) is 3.18. The Morgan fingerprint density at radius 3 is 2.22 bits per heavy atom. The molecule has 0 saturated carbocycles.